The third kappa shape index (κ3) is 2.61. The third-order valence-corrected chi connectivity index (χ3v) is 4.04. The zero-order chi connectivity index (χ0) is 15.7. The number of carbonyl (C=O) groups excluding carboxylic acids is 1. The number of benzene rings is 1. The Morgan fingerprint density at radius 1 is 1.41 bits per heavy atom. The van der Waals surface area contributed by atoms with Gasteiger partial charge in [0.25, 0.3) is 0 Å². The van der Waals surface area contributed by atoms with Crippen LogP contribution in [-0.2, 0) is 9.53 Å². The molecule has 0 amide bonds. The minimum atomic E-state index is -0.682. The second-order valence-corrected chi connectivity index (χ2v) is 5.42. The van der Waals surface area contributed by atoms with Gasteiger partial charge >= 0.3 is 5.97 Å². The Labute approximate surface area is 126 Å². The molecule has 1 saturated heterocycles. The minimum Gasteiger partial charge on any atom is -0.469 e. The number of rotatable bonds is 2. The van der Waals surface area contributed by atoms with Crippen LogP contribution in [-0.4, -0.2) is 31.2 Å². The lowest BCUT2D eigenvalue weighted by atomic mass is 9.97. The van der Waals surface area contributed by atoms with Crippen LogP contribution in [0.2, 0.25) is 0 Å². The number of pyridine rings is 1. The number of fused-ring (bicyclic) bond motifs is 1. The number of nitrogens with zero attached hydrogens (tertiary/aromatic N) is 2. The van der Waals surface area contributed by atoms with E-state index >= 15 is 0 Å². The van der Waals surface area contributed by atoms with Gasteiger partial charge in [-0.05, 0) is 25.0 Å². The first-order chi connectivity index (χ1) is 10.6. The summed E-state index contributed by atoms with van der Waals surface area (Å²) in [4.78, 5) is 17.7. The van der Waals surface area contributed by atoms with Crippen molar-refractivity contribution in [3.8, 4) is 0 Å². The van der Waals surface area contributed by atoms with Gasteiger partial charge in [0.1, 0.15) is 11.3 Å². The van der Waals surface area contributed by atoms with Crippen LogP contribution in [0.1, 0.15) is 12.8 Å². The highest BCUT2D eigenvalue weighted by atomic mass is 19.1. The number of methoxy groups -OCH3 is 1. The lowest BCUT2D eigenvalue weighted by molar-refractivity contribution is -0.145. The van der Waals surface area contributed by atoms with Gasteiger partial charge in [0.05, 0.1) is 13.0 Å². The first-order valence-electron chi connectivity index (χ1n) is 7.16. The predicted molar refractivity (Wildman–Crippen MR) is 78.6 cm³/mol. The topological polar surface area (TPSA) is 42.4 Å². The molecule has 2 aromatic rings. The van der Waals surface area contributed by atoms with Crippen molar-refractivity contribution in [2.24, 2.45) is 5.92 Å². The van der Waals surface area contributed by atoms with Crippen LogP contribution in [0.5, 0.6) is 0 Å². The fourth-order valence-electron chi connectivity index (χ4n) is 3.00. The first-order valence-corrected chi connectivity index (χ1v) is 7.16. The quantitative estimate of drug-likeness (QED) is 0.800. The maximum Gasteiger partial charge on any atom is 0.310 e. The summed E-state index contributed by atoms with van der Waals surface area (Å²) in [6, 6.07) is 3.83. The van der Waals surface area contributed by atoms with E-state index in [2.05, 4.69) is 4.98 Å². The first kappa shape index (κ1) is 14.7. The van der Waals surface area contributed by atoms with Crippen molar-refractivity contribution < 1.29 is 18.3 Å². The Morgan fingerprint density at radius 3 is 3.00 bits per heavy atom. The van der Waals surface area contributed by atoms with E-state index in [-0.39, 0.29) is 17.4 Å². The van der Waals surface area contributed by atoms with Gasteiger partial charge in [-0.3, -0.25) is 9.78 Å². The fraction of sp³-hybridized carbons (Fsp3) is 0.375. The summed E-state index contributed by atoms with van der Waals surface area (Å²) in [6.07, 6.45) is 3.08. The molecule has 0 N–H and O–H groups in total. The normalized spacial score (nSPS) is 18.5. The zero-order valence-electron chi connectivity index (χ0n) is 12.2. The SMILES string of the molecule is COC(=O)[C@H]1CCCN(c2ccnc3c(F)cc(F)cc23)C1. The molecule has 1 aromatic heterocycles. The Kier molecular flexibility index (Phi) is 3.92. The van der Waals surface area contributed by atoms with E-state index in [0.717, 1.165) is 25.5 Å². The van der Waals surface area contributed by atoms with Crippen molar-refractivity contribution in [2.75, 3.05) is 25.1 Å². The maximum absolute atomic E-state index is 13.9. The van der Waals surface area contributed by atoms with Gasteiger partial charge in [0, 0.05) is 36.4 Å². The molecule has 0 radical (unpaired) electrons. The molecule has 0 spiro atoms. The van der Waals surface area contributed by atoms with Crippen LogP contribution in [0.3, 0.4) is 0 Å². The van der Waals surface area contributed by atoms with Crippen LogP contribution >= 0.6 is 0 Å². The van der Waals surface area contributed by atoms with Crippen molar-refractivity contribution in [1.82, 2.24) is 4.98 Å². The number of carbonyl (C=O) groups is 1. The highest BCUT2D eigenvalue weighted by molar-refractivity contribution is 5.92. The van der Waals surface area contributed by atoms with E-state index in [1.54, 1.807) is 6.07 Å². The fourth-order valence-corrected chi connectivity index (χ4v) is 3.00. The van der Waals surface area contributed by atoms with Crippen molar-refractivity contribution in [2.45, 2.75) is 12.8 Å². The summed E-state index contributed by atoms with van der Waals surface area (Å²) in [5, 5.41) is 0.422. The van der Waals surface area contributed by atoms with Crippen molar-refractivity contribution in [1.29, 1.82) is 0 Å². The molecule has 1 fully saturated rings. The molecule has 0 bridgehead atoms. The number of ether oxygens (including phenoxy) is 1. The zero-order valence-corrected chi connectivity index (χ0v) is 12.2. The summed E-state index contributed by atoms with van der Waals surface area (Å²) in [7, 11) is 1.37. The van der Waals surface area contributed by atoms with E-state index in [1.165, 1.54) is 19.4 Å². The van der Waals surface area contributed by atoms with Gasteiger partial charge in [-0.2, -0.15) is 0 Å². The van der Waals surface area contributed by atoms with Gasteiger partial charge in [-0.25, -0.2) is 8.78 Å². The van der Waals surface area contributed by atoms with Crippen molar-refractivity contribution in [3.63, 3.8) is 0 Å². The molecule has 2 heterocycles. The van der Waals surface area contributed by atoms with Crippen LogP contribution < -0.4 is 4.90 Å². The van der Waals surface area contributed by atoms with E-state index in [0.29, 0.717) is 17.6 Å². The largest absolute Gasteiger partial charge is 0.469 e. The molecule has 4 nitrogen and oxygen atoms in total. The molecule has 22 heavy (non-hydrogen) atoms. The van der Waals surface area contributed by atoms with Crippen LogP contribution in [0.25, 0.3) is 10.9 Å². The van der Waals surface area contributed by atoms with Gasteiger partial charge in [0.2, 0.25) is 0 Å². The number of halogens is 2. The smallest absolute Gasteiger partial charge is 0.310 e. The Balaban J connectivity index is 2.01. The average molecular weight is 306 g/mol. The summed E-state index contributed by atoms with van der Waals surface area (Å²) >= 11 is 0. The number of hydrogen-bond donors (Lipinski definition) is 0. The number of esters is 1. The standard InChI is InChI=1S/C16H16F2N2O2/c1-22-16(21)10-3-2-6-20(9-10)14-4-5-19-15-12(14)7-11(17)8-13(15)18/h4-5,7-8,10H,2-3,6,9H2,1H3/t10-/m0/s1. The molecular formula is C16H16F2N2O2. The van der Waals surface area contributed by atoms with Crippen LogP contribution in [0.15, 0.2) is 24.4 Å². The molecular weight excluding hydrogens is 290 g/mol. The molecule has 1 atom stereocenters. The van der Waals surface area contributed by atoms with Crippen molar-refractivity contribution in [3.05, 3.63) is 36.0 Å². The minimum absolute atomic E-state index is 0.138. The lowest BCUT2D eigenvalue weighted by Crippen LogP contribution is -2.39. The monoisotopic (exact) mass is 306 g/mol. The summed E-state index contributed by atoms with van der Waals surface area (Å²) < 4.78 is 32.2. The van der Waals surface area contributed by atoms with Crippen LogP contribution in [0, 0.1) is 17.6 Å². The van der Waals surface area contributed by atoms with Gasteiger partial charge in [-0.1, -0.05) is 0 Å². The van der Waals surface area contributed by atoms with Gasteiger partial charge in [-0.15, -0.1) is 0 Å². The van der Waals surface area contributed by atoms with Crippen LogP contribution in [0.4, 0.5) is 14.5 Å². The Hall–Kier alpha value is -2.24. The van der Waals surface area contributed by atoms with Crippen molar-refractivity contribution >= 4 is 22.6 Å². The summed E-state index contributed by atoms with van der Waals surface area (Å²) in [5.74, 6) is -1.79. The average Bonchev–Trinajstić information content (AvgIpc) is 2.53. The number of hydrogen-bond acceptors (Lipinski definition) is 4. The second-order valence-electron chi connectivity index (χ2n) is 5.42. The molecule has 0 saturated carbocycles. The molecule has 1 aliphatic heterocycles. The number of anilines is 1. The molecule has 6 heteroatoms. The van der Waals surface area contributed by atoms with E-state index < -0.39 is 11.6 Å². The van der Waals surface area contributed by atoms with E-state index in [9.17, 15) is 13.6 Å². The number of piperidine rings is 1. The summed E-state index contributed by atoms with van der Waals surface area (Å²) in [5.41, 5.74) is 0.830. The van der Waals surface area contributed by atoms with Gasteiger partial charge in [0.15, 0.2) is 5.82 Å². The molecule has 1 aromatic carbocycles. The lowest BCUT2D eigenvalue weighted by Gasteiger charge is -2.33. The highest BCUT2D eigenvalue weighted by Gasteiger charge is 2.27. The summed E-state index contributed by atoms with van der Waals surface area (Å²) in [6.45, 7) is 1.20. The second kappa shape index (κ2) is 5.87. The van der Waals surface area contributed by atoms with E-state index in [4.69, 9.17) is 4.74 Å². The molecule has 3 rings (SSSR count). The number of aromatic nitrogens is 1. The Bertz CT molecular complexity index is 721. The van der Waals surface area contributed by atoms with Gasteiger partial charge < -0.3 is 9.64 Å². The van der Waals surface area contributed by atoms with E-state index in [1.807, 2.05) is 4.90 Å². The Morgan fingerprint density at radius 2 is 2.23 bits per heavy atom. The molecule has 0 unspecified atom stereocenters. The maximum atomic E-state index is 13.9. The third-order valence-electron chi connectivity index (χ3n) is 4.04. The molecule has 0 aliphatic carbocycles. The molecule has 116 valence electrons. The predicted octanol–water partition coefficient (Wildman–Crippen LogP) is 2.90. The molecule has 1 aliphatic rings. The highest BCUT2D eigenvalue weighted by Crippen LogP contribution is 2.31.